The van der Waals surface area contributed by atoms with Crippen LogP contribution < -0.4 is 10.0 Å². The minimum Gasteiger partial charge on any atom is -0.368 e. The number of piperidine rings is 1. The molecular weight excluding hydrogens is 460 g/mol. The Morgan fingerprint density at radius 1 is 0.943 bits per heavy atom. The molecule has 5 rings (SSSR count). The zero-order valence-corrected chi connectivity index (χ0v) is 20.4. The lowest BCUT2D eigenvalue weighted by Gasteiger charge is -2.29. The van der Waals surface area contributed by atoms with Gasteiger partial charge in [-0.1, -0.05) is 24.3 Å². The number of sulfonamides is 1. The van der Waals surface area contributed by atoms with Gasteiger partial charge in [-0.3, -0.25) is 14.7 Å². The van der Waals surface area contributed by atoms with Crippen molar-refractivity contribution in [2.75, 3.05) is 36.7 Å². The van der Waals surface area contributed by atoms with E-state index in [0.29, 0.717) is 11.6 Å². The number of hydrogen-bond donors (Lipinski definition) is 2. The van der Waals surface area contributed by atoms with Crippen LogP contribution in [0.25, 0.3) is 22.2 Å². The number of pyridine rings is 1. The van der Waals surface area contributed by atoms with Crippen molar-refractivity contribution in [3.8, 4) is 11.1 Å². The SMILES string of the molecule is CN1CCC(CNc2cnc3ccc(-c4cncc(NS(=O)(=O)c5ccccc5)c4)cc3n2)CC1. The van der Waals surface area contributed by atoms with Crippen molar-refractivity contribution < 1.29 is 8.42 Å². The van der Waals surface area contributed by atoms with Crippen molar-refractivity contribution >= 4 is 32.6 Å². The van der Waals surface area contributed by atoms with Crippen LogP contribution in [0.3, 0.4) is 0 Å². The number of likely N-dealkylation sites (tertiary alicyclic amines) is 1. The molecule has 0 bridgehead atoms. The fourth-order valence-electron chi connectivity index (χ4n) is 4.26. The van der Waals surface area contributed by atoms with E-state index in [1.165, 1.54) is 19.0 Å². The summed E-state index contributed by atoms with van der Waals surface area (Å²) in [7, 11) is -1.53. The molecule has 0 aliphatic carbocycles. The lowest BCUT2D eigenvalue weighted by atomic mass is 9.97. The van der Waals surface area contributed by atoms with E-state index in [9.17, 15) is 8.42 Å². The molecule has 1 saturated heterocycles. The Hall–Kier alpha value is -3.56. The molecule has 35 heavy (non-hydrogen) atoms. The van der Waals surface area contributed by atoms with Gasteiger partial charge in [0.2, 0.25) is 0 Å². The van der Waals surface area contributed by atoms with Gasteiger partial charge in [-0.15, -0.1) is 0 Å². The summed E-state index contributed by atoms with van der Waals surface area (Å²) in [5.74, 6) is 1.40. The third kappa shape index (κ3) is 5.58. The van der Waals surface area contributed by atoms with Gasteiger partial charge >= 0.3 is 0 Å². The van der Waals surface area contributed by atoms with Crippen molar-refractivity contribution in [2.45, 2.75) is 17.7 Å². The molecule has 0 spiro atoms. The van der Waals surface area contributed by atoms with Gasteiger partial charge in [-0.2, -0.15) is 0 Å². The Morgan fingerprint density at radius 3 is 2.54 bits per heavy atom. The maximum absolute atomic E-state index is 12.7. The number of rotatable bonds is 7. The molecule has 0 amide bonds. The van der Waals surface area contributed by atoms with E-state index in [1.54, 1.807) is 48.8 Å². The number of aromatic nitrogens is 3. The van der Waals surface area contributed by atoms with Crippen molar-refractivity contribution in [3.63, 3.8) is 0 Å². The van der Waals surface area contributed by atoms with Gasteiger partial charge in [0.05, 0.1) is 34.0 Å². The normalized spacial score (nSPS) is 15.2. The first-order chi connectivity index (χ1) is 17.0. The molecule has 1 fully saturated rings. The van der Waals surface area contributed by atoms with Crippen LogP contribution >= 0.6 is 0 Å². The fourth-order valence-corrected chi connectivity index (χ4v) is 5.31. The van der Waals surface area contributed by atoms with Crippen LogP contribution in [-0.4, -0.2) is 55.0 Å². The van der Waals surface area contributed by atoms with Gasteiger partial charge < -0.3 is 10.2 Å². The Kier molecular flexibility index (Phi) is 6.61. The summed E-state index contributed by atoms with van der Waals surface area (Å²) in [6.45, 7) is 3.16. The van der Waals surface area contributed by atoms with Crippen molar-refractivity contribution in [1.82, 2.24) is 19.9 Å². The molecule has 0 radical (unpaired) electrons. The van der Waals surface area contributed by atoms with Crippen LogP contribution in [-0.2, 0) is 10.0 Å². The summed E-state index contributed by atoms with van der Waals surface area (Å²) in [6, 6.07) is 15.8. The monoisotopic (exact) mass is 488 g/mol. The van der Waals surface area contributed by atoms with E-state index < -0.39 is 10.0 Å². The summed E-state index contributed by atoms with van der Waals surface area (Å²) in [5, 5.41) is 3.45. The van der Waals surface area contributed by atoms with Crippen LogP contribution in [0.4, 0.5) is 11.5 Å². The first-order valence-corrected chi connectivity index (χ1v) is 13.2. The smallest absolute Gasteiger partial charge is 0.261 e. The molecule has 8 nitrogen and oxygen atoms in total. The number of nitrogens with zero attached hydrogens (tertiary/aromatic N) is 4. The summed E-state index contributed by atoms with van der Waals surface area (Å²) >= 11 is 0. The van der Waals surface area contributed by atoms with Crippen molar-refractivity contribution in [1.29, 1.82) is 0 Å². The number of nitrogens with one attached hydrogen (secondary N) is 2. The minimum absolute atomic E-state index is 0.201. The maximum atomic E-state index is 12.7. The molecule has 2 aromatic carbocycles. The average Bonchev–Trinajstić information content (AvgIpc) is 2.88. The van der Waals surface area contributed by atoms with Crippen LogP contribution in [0.1, 0.15) is 12.8 Å². The lowest BCUT2D eigenvalue weighted by molar-refractivity contribution is 0.226. The van der Waals surface area contributed by atoms with Gasteiger partial charge in [-0.05, 0) is 74.8 Å². The van der Waals surface area contributed by atoms with Gasteiger partial charge in [0.15, 0.2) is 0 Å². The summed E-state index contributed by atoms with van der Waals surface area (Å²) in [4.78, 5) is 16.1. The van der Waals surface area contributed by atoms with Gasteiger partial charge in [0, 0.05) is 18.3 Å². The van der Waals surface area contributed by atoms with E-state index >= 15 is 0 Å². The van der Waals surface area contributed by atoms with Gasteiger partial charge in [0.25, 0.3) is 10.0 Å². The standard InChI is InChI=1S/C26H28N6O2S/c1-32-11-9-19(10-12-32)15-29-26-18-28-24-8-7-20(14-25(24)30-26)21-13-22(17-27-16-21)31-35(33,34)23-5-3-2-4-6-23/h2-8,13-14,16-19,31H,9-12,15H2,1H3,(H,29,30). The maximum Gasteiger partial charge on any atom is 0.261 e. The molecule has 180 valence electrons. The molecule has 2 N–H and O–H groups in total. The number of anilines is 2. The number of fused-ring (bicyclic) bond motifs is 1. The molecule has 0 unspecified atom stereocenters. The largest absolute Gasteiger partial charge is 0.368 e. The van der Waals surface area contributed by atoms with E-state index in [-0.39, 0.29) is 4.90 Å². The first kappa shape index (κ1) is 23.2. The summed E-state index contributed by atoms with van der Waals surface area (Å²) < 4.78 is 28.0. The lowest BCUT2D eigenvalue weighted by Crippen LogP contribution is -2.33. The van der Waals surface area contributed by atoms with Crippen LogP contribution in [0.5, 0.6) is 0 Å². The predicted octanol–water partition coefficient (Wildman–Crippen LogP) is 4.25. The Balaban J connectivity index is 1.34. The van der Waals surface area contributed by atoms with E-state index in [0.717, 1.165) is 47.6 Å². The second kappa shape index (κ2) is 9.97. The summed E-state index contributed by atoms with van der Waals surface area (Å²) in [5.41, 5.74) is 3.63. The molecule has 2 aromatic heterocycles. The van der Waals surface area contributed by atoms with Crippen molar-refractivity contribution in [3.05, 3.63) is 73.2 Å². The highest BCUT2D eigenvalue weighted by Crippen LogP contribution is 2.26. The van der Waals surface area contributed by atoms with Crippen molar-refractivity contribution in [2.24, 2.45) is 5.92 Å². The molecule has 0 saturated carbocycles. The minimum atomic E-state index is -3.69. The zero-order chi connectivity index (χ0) is 24.3. The highest BCUT2D eigenvalue weighted by atomic mass is 32.2. The number of hydrogen-bond acceptors (Lipinski definition) is 7. The topological polar surface area (TPSA) is 100 Å². The van der Waals surface area contributed by atoms with Crippen LogP contribution in [0.15, 0.2) is 78.1 Å². The molecular formula is C26H28N6O2S. The van der Waals surface area contributed by atoms with E-state index in [4.69, 9.17) is 4.98 Å². The zero-order valence-electron chi connectivity index (χ0n) is 19.6. The van der Waals surface area contributed by atoms with E-state index in [1.807, 2.05) is 18.2 Å². The molecule has 4 aromatic rings. The third-order valence-electron chi connectivity index (χ3n) is 6.33. The Labute approximate surface area is 205 Å². The highest BCUT2D eigenvalue weighted by molar-refractivity contribution is 7.92. The molecule has 1 aliphatic rings. The van der Waals surface area contributed by atoms with Gasteiger partial charge in [-0.25, -0.2) is 13.4 Å². The number of benzene rings is 2. The van der Waals surface area contributed by atoms with Crippen LogP contribution in [0, 0.1) is 5.92 Å². The second-order valence-electron chi connectivity index (χ2n) is 8.97. The average molecular weight is 489 g/mol. The molecule has 9 heteroatoms. The Bertz CT molecular complexity index is 1420. The second-order valence-corrected chi connectivity index (χ2v) is 10.6. The quantitative estimate of drug-likeness (QED) is 0.401. The molecule has 0 atom stereocenters. The molecule has 3 heterocycles. The van der Waals surface area contributed by atoms with Gasteiger partial charge in [0.1, 0.15) is 5.82 Å². The van der Waals surface area contributed by atoms with Crippen LogP contribution in [0.2, 0.25) is 0 Å². The predicted molar refractivity (Wildman–Crippen MR) is 139 cm³/mol. The third-order valence-corrected chi connectivity index (χ3v) is 7.73. The highest BCUT2D eigenvalue weighted by Gasteiger charge is 2.17. The first-order valence-electron chi connectivity index (χ1n) is 11.7. The fraction of sp³-hybridized carbons (Fsp3) is 0.269. The van der Waals surface area contributed by atoms with E-state index in [2.05, 4.69) is 32.0 Å². The summed E-state index contributed by atoms with van der Waals surface area (Å²) in [6.07, 6.45) is 7.35. The Morgan fingerprint density at radius 2 is 1.74 bits per heavy atom. The molecule has 1 aliphatic heterocycles.